The van der Waals surface area contributed by atoms with E-state index in [4.69, 9.17) is 21.7 Å². The highest BCUT2D eigenvalue weighted by Gasteiger charge is 2.42. The van der Waals surface area contributed by atoms with Crippen molar-refractivity contribution >= 4 is 17.3 Å². The number of hydrogen-bond donors (Lipinski definition) is 3. The zero-order chi connectivity index (χ0) is 26.3. The fourth-order valence-electron chi connectivity index (χ4n) is 2.82. The summed E-state index contributed by atoms with van der Waals surface area (Å²) in [6.07, 6.45) is -0.369. The molecule has 3 N–H and O–H groups in total. The first-order valence-corrected chi connectivity index (χ1v) is 10.7. The SMILES string of the molecule is CC#CC#CC#CC#CC#CC#CC#CC#CC#CC#CNC(=S)N[C@H]1C[C@H](COC)C(O)[C@@H]1OC. The third kappa shape index (κ3) is 13.0. The standard InChI is InChI=1S/C30H20N2O3S/c1-4-5-6-7-8-9-10-11-12-13-14-15-16-17-18-19-20-21-22-23-31-30(36)32-27-24-26(25-34-2)28(33)29(27)35-3/h26-29,33H,24-25H2,1-3H3,(H2,31,32,36)/t26-,27+,28?,29-/m1/s1. The minimum Gasteiger partial charge on any atom is -0.390 e. The van der Waals surface area contributed by atoms with Gasteiger partial charge in [-0.05, 0) is 72.9 Å². The van der Waals surface area contributed by atoms with Gasteiger partial charge in [0.2, 0.25) is 0 Å². The Morgan fingerprint density at radius 1 is 0.778 bits per heavy atom. The van der Waals surface area contributed by atoms with E-state index in [1.165, 1.54) is 0 Å². The molecule has 6 heteroatoms. The Labute approximate surface area is 219 Å². The van der Waals surface area contributed by atoms with E-state index >= 15 is 0 Å². The Morgan fingerprint density at radius 2 is 1.22 bits per heavy atom. The average molecular weight is 489 g/mol. The molecule has 0 amide bonds. The normalized spacial score (nSPS) is 17.2. The van der Waals surface area contributed by atoms with Crippen molar-refractivity contribution < 1.29 is 14.6 Å². The predicted molar refractivity (Wildman–Crippen MR) is 143 cm³/mol. The van der Waals surface area contributed by atoms with Gasteiger partial charge in [0.25, 0.3) is 0 Å². The number of thiocarbonyl (C=S) groups is 1. The highest BCUT2D eigenvalue weighted by atomic mass is 32.1. The van der Waals surface area contributed by atoms with Crippen molar-refractivity contribution in [2.24, 2.45) is 5.92 Å². The van der Waals surface area contributed by atoms with Gasteiger partial charge in [-0.25, -0.2) is 0 Å². The van der Waals surface area contributed by atoms with Crippen molar-refractivity contribution in [2.75, 3.05) is 20.8 Å². The molecule has 36 heavy (non-hydrogen) atoms. The third-order valence-electron chi connectivity index (χ3n) is 4.17. The monoisotopic (exact) mass is 488 g/mol. The van der Waals surface area contributed by atoms with Crippen LogP contribution in [0.25, 0.3) is 0 Å². The van der Waals surface area contributed by atoms with Crippen molar-refractivity contribution in [3.8, 4) is 119 Å². The number of aliphatic hydroxyl groups is 1. The Balaban J connectivity index is 2.42. The molecule has 5 nitrogen and oxygen atoms in total. The molecule has 1 aliphatic rings. The zero-order valence-corrected chi connectivity index (χ0v) is 20.7. The van der Waals surface area contributed by atoms with Crippen LogP contribution in [-0.4, -0.2) is 49.3 Å². The topological polar surface area (TPSA) is 62.8 Å². The van der Waals surface area contributed by atoms with Crippen LogP contribution in [0, 0.1) is 124 Å². The van der Waals surface area contributed by atoms with Gasteiger partial charge in [-0.3, -0.25) is 5.32 Å². The van der Waals surface area contributed by atoms with Gasteiger partial charge in [0, 0.05) is 85.4 Å². The molecule has 1 fully saturated rings. The lowest BCUT2D eigenvalue weighted by Gasteiger charge is -2.22. The Morgan fingerprint density at radius 3 is 1.64 bits per heavy atom. The second-order valence-electron chi connectivity index (χ2n) is 6.47. The van der Waals surface area contributed by atoms with Gasteiger partial charge in [0.1, 0.15) is 6.10 Å². The van der Waals surface area contributed by atoms with E-state index in [9.17, 15) is 5.11 Å². The molecule has 0 aliphatic heterocycles. The summed E-state index contributed by atoms with van der Waals surface area (Å²) < 4.78 is 10.5. The van der Waals surface area contributed by atoms with Crippen molar-refractivity contribution in [2.45, 2.75) is 31.6 Å². The molecule has 0 aromatic rings. The van der Waals surface area contributed by atoms with Crippen LogP contribution in [0.2, 0.25) is 0 Å². The van der Waals surface area contributed by atoms with Crippen LogP contribution >= 0.6 is 12.2 Å². The molecule has 0 bridgehead atoms. The number of ether oxygens (including phenoxy) is 2. The van der Waals surface area contributed by atoms with Gasteiger partial charge >= 0.3 is 0 Å². The molecule has 0 radical (unpaired) electrons. The maximum Gasteiger partial charge on any atom is 0.178 e. The summed E-state index contributed by atoms with van der Waals surface area (Å²) in [5.74, 6) is 48.1. The van der Waals surface area contributed by atoms with Crippen LogP contribution in [0.3, 0.4) is 0 Å². The fourth-order valence-corrected chi connectivity index (χ4v) is 3.02. The van der Waals surface area contributed by atoms with E-state index in [-0.39, 0.29) is 12.0 Å². The van der Waals surface area contributed by atoms with E-state index in [2.05, 4.69) is 129 Å². The fraction of sp³-hybridized carbons (Fsp3) is 0.300. The molecule has 0 heterocycles. The first kappa shape index (κ1) is 29.2. The molecule has 1 rings (SSSR count). The van der Waals surface area contributed by atoms with Crippen LogP contribution in [-0.2, 0) is 9.47 Å². The summed E-state index contributed by atoms with van der Waals surface area (Å²) in [5.41, 5.74) is 0. The number of rotatable bonds is 4. The first-order valence-electron chi connectivity index (χ1n) is 10.3. The molecule has 1 unspecified atom stereocenters. The van der Waals surface area contributed by atoms with E-state index in [1.54, 1.807) is 21.1 Å². The maximum absolute atomic E-state index is 10.3. The van der Waals surface area contributed by atoms with Crippen LogP contribution in [0.5, 0.6) is 0 Å². The molecule has 0 aromatic heterocycles. The molecule has 1 aliphatic carbocycles. The van der Waals surface area contributed by atoms with Gasteiger partial charge in [0.05, 0.1) is 18.8 Å². The van der Waals surface area contributed by atoms with E-state index in [0.717, 1.165) is 0 Å². The van der Waals surface area contributed by atoms with Gasteiger partial charge in [-0.2, -0.15) is 0 Å². The van der Waals surface area contributed by atoms with Gasteiger partial charge < -0.3 is 19.9 Å². The molecule has 4 atom stereocenters. The highest BCUT2D eigenvalue weighted by Crippen LogP contribution is 2.28. The summed E-state index contributed by atoms with van der Waals surface area (Å²) in [5, 5.41) is 16.4. The lowest BCUT2D eigenvalue weighted by molar-refractivity contribution is -0.0273. The Kier molecular flexibility index (Phi) is 15.9. The van der Waals surface area contributed by atoms with Crippen molar-refractivity contribution in [1.29, 1.82) is 0 Å². The van der Waals surface area contributed by atoms with Crippen molar-refractivity contribution in [1.82, 2.24) is 10.6 Å². The summed E-state index contributed by atoms with van der Waals surface area (Å²) in [4.78, 5) is 0. The van der Waals surface area contributed by atoms with Gasteiger partial charge in [-0.15, -0.1) is 0 Å². The summed E-state index contributed by atoms with van der Waals surface area (Å²) in [7, 11) is 3.15. The van der Waals surface area contributed by atoms with Crippen LogP contribution in [0.4, 0.5) is 0 Å². The third-order valence-corrected chi connectivity index (χ3v) is 4.39. The minimum atomic E-state index is -0.634. The molecular weight excluding hydrogens is 468 g/mol. The first-order chi connectivity index (χ1) is 17.6. The smallest absolute Gasteiger partial charge is 0.178 e. The average Bonchev–Trinajstić information content (AvgIpc) is 3.16. The summed E-state index contributed by atoms with van der Waals surface area (Å²) in [6, 6.07) is 2.46. The number of nitrogens with one attached hydrogen (secondary N) is 2. The lowest BCUT2D eigenvalue weighted by Crippen LogP contribution is -2.46. The zero-order valence-electron chi connectivity index (χ0n) is 19.9. The van der Waals surface area contributed by atoms with Crippen molar-refractivity contribution in [3.05, 3.63) is 0 Å². The van der Waals surface area contributed by atoms with Crippen LogP contribution in [0.15, 0.2) is 0 Å². The molecule has 0 aromatic carbocycles. The van der Waals surface area contributed by atoms with Crippen LogP contribution < -0.4 is 10.6 Å². The number of methoxy groups -OCH3 is 2. The summed E-state index contributed by atoms with van der Waals surface area (Å²) in [6.45, 7) is 2.14. The molecule has 0 saturated heterocycles. The largest absolute Gasteiger partial charge is 0.390 e. The van der Waals surface area contributed by atoms with E-state index in [1.807, 2.05) is 0 Å². The molecule has 1 saturated carbocycles. The number of hydrogen-bond acceptors (Lipinski definition) is 4. The number of aliphatic hydroxyl groups excluding tert-OH is 1. The Bertz CT molecular complexity index is 1440. The molecular formula is C30H20N2O3S. The van der Waals surface area contributed by atoms with Crippen LogP contribution in [0.1, 0.15) is 13.3 Å². The minimum absolute atomic E-state index is 0.0325. The van der Waals surface area contributed by atoms with Gasteiger partial charge in [-0.1, -0.05) is 5.92 Å². The maximum atomic E-state index is 10.3. The Hall–Kier alpha value is -4.83. The van der Waals surface area contributed by atoms with Gasteiger partial charge in [0.15, 0.2) is 5.11 Å². The lowest BCUT2D eigenvalue weighted by atomic mass is 10.1. The predicted octanol–water partition coefficient (Wildman–Crippen LogP) is -0.127. The summed E-state index contributed by atoms with van der Waals surface area (Å²) >= 11 is 5.22. The highest BCUT2D eigenvalue weighted by molar-refractivity contribution is 7.80. The molecule has 174 valence electrons. The van der Waals surface area contributed by atoms with E-state index in [0.29, 0.717) is 18.1 Å². The molecule has 0 spiro atoms. The quantitative estimate of drug-likeness (QED) is 0.291. The second-order valence-corrected chi connectivity index (χ2v) is 6.88. The second kappa shape index (κ2) is 19.6. The van der Waals surface area contributed by atoms with E-state index < -0.39 is 12.2 Å². The van der Waals surface area contributed by atoms with Crippen molar-refractivity contribution in [3.63, 3.8) is 0 Å².